The molecule has 0 bridgehead atoms. The predicted octanol–water partition coefficient (Wildman–Crippen LogP) is -0.782. The molecular weight excluding hydrogens is 295 g/mol. The maximum absolute atomic E-state index is 5.34. The van der Waals surface area contributed by atoms with E-state index < -0.39 is 0 Å². The van der Waals surface area contributed by atoms with E-state index in [0.717, 1.165) is 6.61 Å². The Labute approximate surface area is 102 Å². The molecule has 1 aliphatic heterocycles. The minimum atomic E-state index is 0. The quantitative estimate of drug-likeness (QED) is 0.324. The Balaban J connectivity index is 0.000000256. The smallest absolute Gasteiger partial charge is 0.0969 e. The Hall–Kier alpha value is 1.04. The summed E-state index contributed by atoms with van der Waals surface area (Å²) in [6, 6.07) is 0. The van der Waals surface area contributed by atoms with E-state index in [1.54, 1.807) is 0 Å². The highest BCUT2D eigenvalue weighted by Gasteiger charge is 2.44. The maximum atomic E-state index is 5.34. The Kier molecular flexibility index (Phi) is 7.03. The van der Waals surface area contributed by atoms with Crippen LogP contribution in [0.1, 0.15) is 32.1 Å². The van der Waals surface area contributed by atoms with E-state index in [1.807, 2.05) is 0 Å². The molecule has 2 fully saturated rings. The van der Waals surface area contributed by atoms with Crippen LogP contribution >= 0.6 is 0 Å². The molecule has 2 rings (SSSR count). The van der Waals surface area contributed by atoms with Gasteiger partial charge in [-0.05, 0) is 23.7 Å². The molecule has 0 aromatic rings. The van der Waals surface area contributed by atoms with E-state index in [-0.39, 0.29) is 24.0 Å². The highest BCUT2D eigenvalue weighted by Crippen LogP contribution is 2.41. The minimum absolute atomic E-state index is 0. The van der Waals surface area contributed by atoms with E-state index >= 15 is 0 Å². The van der Waals surface area contributed by atoms with Crippen molar-refractivity contribution in [3.8, 4) is 0 Å². The van der Waals surface area contributed by atoms with Crippen molar-refractivity contribution in [3.05, 3.63) is 0 Å². The normalized spacial score (nSPS) is 23.1. The fraction of sp³-hybridized carbons (Fsp3) is 1.00. The van der Waals surface area contributed by atoms with Crippen LogP contribution in [0.3, 0.4) is 0 Å². The Morgan fingerprint density at radius 1 is 1.00 bits per heavy atom. The molecule has 0 radical (unpaired) electrons. The van der Waals surface area contributed by atoms with Crippen LogP contribution in [0.2, 0.25) is 0 Å². The van der Waals surface area contributed by atoms with E-state index in [2.05, 4.69) is 18.8 Å². The van der Waals surface area contributed by atoms with Gasteiger partial charge in [-0.2, -0.15) is 0 Å². The average molecular weight is 316 g/mol. The van der Waals surface area contributed by atoms with Gasteiger partial charge in [0.1, 0.15) is 0 Å². The van der Waals surface area contributed by atoms with Crippen molar-refractivity contribution in [1.82, 2.24) is 0 Å². The standard InChI is InChI=1S/C7H12O.C3H9S.HI/c1-2-4-7(5-3-1)6-8-7;1-4(2)3;/h1-6H2;1-3H3;1H/q;+1;/p-1. The zero-order valence-electron chi connectivity index (χ0n) is 8.94. The molecule has 0 aromatic heterocycles. The molecule has 80 valence electrons. The van der Waals surface area contributed by atoms with Gasteiger partial charge in [0, 0.05) is 0 Å². The molecule has 1 nitrogen and oxygen atoms in total. The van der Waals surface area contributed by atoms with Gasteiger partial charge in [-0.3, -0.25) is 0 Å². The topological polar surface area (TPSA) is 12.5 Å². The Bertz CT molecular complexity index is 124. The third-order valence-electron chi connectivity index (χ3n) is 2.32. The summed E-state index contributed by atoms with van der Waals surface area (Å²) < 4.78 is 5.34. The number of hydrogen-bond donors (Lipinski definition) is 0. The fourth-order valence-corrected chi connectivity index (χ4v) is 1.59. The molecule has 3 heteroatoms. The third-order valence-corrected chi connectivity index (χ3v) is 2.32. The van der Waals surface area contributed by atoms with Crippen molar-refractivity contribution < 1.29 is 28.7 Å². The molecule has 0 unspecified atom stereocenters. The van der Waals surface area contributed by atoms with E-state index in [9.17, 15) is 0 Å². The zero-order valence-corrected chi connectivity index (χ0v) is 11.9. The fourth-order valence-electron chi connectivity index (χ4n) is 1.59. The summed E-state index contributed by atoms with van der Waals surface area (Å²) in [5, 5.41) is 0. The second-order valence-corrected chi connectivity index (χ2v) is 6.71. The van der Waals surface area contributed by atoms with Crippen LogP contribution in [0.4, 0.5) is 0 Å². The van der Waals surface area contributed by atoms with Gasteiger partial charge < -0.3 is 28.7 Å². The molecule has 0 atom stereocenters. The maximum Gasteiger partial charge on any atom is 0.0969 e. The molecule has 0 aromatic carbocycles. The first kappa shape index (κ1) is 14.0. The molecule has 1 heterocycles. The molecule has 13 heavy (non-hydrogen) atoms. The summed E-state index contributed by atoms with van der Waals surface area (Å²) in [6.45, 7) is 1.06. The van der Waals surface area contributed by atoms with Gasteiger partial charge in [0.05, 0.1) is 31.0 Å². The lowest BCUT2D eigenvalue weighted by atomic mass is 9.90. The summed E-state index contributed by atoms with van der Waals surface area (Å²) >= 11 is 0. The second kappa shape index (κ2) is 6.51. The average Bonchev–Trinajstić information content (AvgIpc) is 2.70. The zero-order chi connectivity index (χ0) is 9.03. The van der Waals surface area contributed by atoms with E-state index in [4.69, 9.17) is 4.74 Å². The molecule has 1 saturated heterocycles. The predicted molar refractivity (Wildman–Crippen MR) is 56.9 cm³/mol. The summed E-state index contributed by atoms with van der Waals surface area (Å²) in [4.78, 5) is 0. The molecular formula is C10H21IOS. The monoisotopic (exact) mass is 316 g/mol. The second-order valence-electron chi connectivity index (χ2n) is 4.26. The summed E-state index contributed by atoms with van der Waals surface area (Å²) in [5.74, 6) is 0. The van der Waals surface area contributed by atoms with Gasteiger partial charge in [-0.25, -0.2) is 0 Å². The summed E-state index contributed by atoms with van der Waals surface area (Å²) in [6.07, 6.45) is 13.5. The highest BCUT2D eigenvalue weighted by atomic mass is 127. The van der Waals surface area contributed by atoms with Gasteiger partial charge in [0.25, 0.3) is 0 Å². The lowest BCUT2D eigenvalue weighted by Gasteiger charge is -2.16. The largest absolute Gasteiger partial charge is 1.00 e. The molecule has 0 amide bonds. The van der Waals surface area contributed by atoms with Crippen LogP contribution in [0.25, 0.3) is 0 Å². The number of epoxide rings is 1. The molecule has 1 saturated carbocycles. The van der Waals surface area contributed by atoms with Crippen LogP contribution in [0.15, 0.2) is 0 Å². The van der Waals surface area contributed by atoms with Crippen molar-refractivity contribution in [2.45, 2.75) is 37.7 Å². The van der Waals surface area contributed by atoms with Gasteiger partial charge in [0.15, 0.2) is 0 Å². The first-order chi connectivity index (χ1) is 5.65. The van der Waals surface area contributed by atoms with Crippen LogP contribution in [-0.2, 0) is 15.6 Å². The molecule has 0 N–H and O–H groups in total. The van der Waals surface area contributed by atoms with Crippen molar-refractivity contribution in [2.75, 3.05) is 25.4 Å². The SMILES string of the molecule is C1CCC2(CC1)CO2.C[S+](C)C.[I-]. The minimum Gasteiger partial charge on any atom is -1.00 e. The van der Waals surface area contributed by atoms with Gasteiger partial charge in [-0.15, -0.1) is 0 Å². The summed E-state index contributed by atoms with van der Waals surface area (Å²) in [7, 11) is 0.639. The van der Waals surface area contributed by atoms with Crippen LogP contribution in [-0.4, -0.2) is 31.0 Å². The Morgan fingerprint density at radius 3 is 1.62 bits per heavy atom. The third kappa shape index (κ3) is 6.18. The number of hydrogen-bond acceptors (Lipinski definition) is 1. The van der Waals surface area contributed by atoms with Crippen molar-refractivity contribution >= 4 is 10.9 Å². The molecule has 2 aliphatic rings. The lowest BCUT2D eigenvalue weighted by molar-refractivity contribution is -0.00000374. The lowest BCUT2D eigenvalue weighted by Crippen LogP contribution is -3.00. The molecule has 1 aliphatic carbocycles. The Morgan fingerprint density at radius 2 is 1.38 bits per heavy atom. The van der Waals surface area contributed by atoms with Gasteiger partial charge in [0.2, 0.25) is 0 Å². The van der Waals surface area contributed by atoms with E-state index in [0.29, 0.717) is 16.5 Å². The number of ether oxygens (including phenoxy) is 1. The van der Waals surface area contributed by atoms with Crippen molar-refractivity contribution in [2.24, 2.45) is 0 Å². The first-order valence-corrected chi connectivity index (χ1v) is 7.23. The van der Waals surface area contributed by atoms with Crippen molar-refractivity contribution in [1.29, 1.82) is 0 Å². The van der Waals surface area contributed by atoms with Crippen LogP contribution in [0, 0.1) is 0 Å². The number of halogens is 1. The highest BCUT2D eigenvalue weighted by molar-refractivity contribution is 7.94. The van der Waals surface area contributed by atoms with E-state index in [1.165, 1.54) is 32.1 Å². The van der Waals surface area contributed by atoms with Crippen LogP contribution in [0.5, 0.6) is 0 Å². The first-order valence-electron chi connectivity index (χ1n) is 4.78. The van der Waals surface area contributed by atoms with Crippen molar-refractivity contribution in [3.63, 3.8) is 0 Å². The summed E-state index contributed by atoms with van der Waals surface area (Å²) in [5.41, 5.74) is 0.429. The van der Waals surface area contributed by atoms with Gasteiger partial charge in [-0.1, -0.05) is 19.3 Å². The van der Waals surface area contributed by atoms with Gasteiger partial charge >= 0.3 is 0 Å². The van der Waals surface area contributed by atoms with Crippen LogP contribution < -0.4 is 24.0 Å². The number of rotatable bonds is 0. The molecule has 1 spiro atoms.